The molecule has 3 aliphatic carbocycles. The van der Waals surface area contributed by atoms with E-state index >= 15 is 0 Å². The van der Waals surface area contributed by atoms with Gasteiger partial charge in [-0.3, -0.25) is 0 Å². The predicted octanol–water partition coefficient (Wildman–Crippen LogP) is 6.86. The summed E-state index contributed by atoms with van der Waals surface area (Å²) in [4.78, 5) is 22.7. The summed E-state index contributed by atoms with van der Waals surface area (Å²) in [7, 11) is 0. The largest absolute Gasteiger partial charge is 0.303 e. The molecule has 0 N–H and O–H groups in total. The summed E-state index contributed by atoms with van der Waals surface area (Å²) in [5, 5.41) is 0. The van der Waals surface area contributed by atoms with Crippen molar-refractivity contribution >= 4 is 12.6 Å². The van der Waals surface area contributed by atoms with Crippen LogP contribution in [-0.2, 0) is 9.59 Å². The Balaban J connectivity index is 1.58. The summed E-state index contributed by atoms with van der Waals surface area (Å²) in [5.74, 6) is 3.68. The smallest absolute Gasteiger partial charge is 0.123 e. The van der Waals surface area contributed by atoms with Gasteiger partial charge in [-0.1, -0.05) is 40.5 Å². The van der Waals surface area contributed by atoms with Crippen molar-refractivity contribution in [2.75, 3.05) is 0 Å². The Kier molecular flexibility index (Phi) is 7.09. The van der Waals surface area contributed by atoms with Crippen molar-refractivity contribution in [3.63, 3.8) is 0 Å². The second kappa shape index (κ2) is 9.00. The third-order valence-electron chi connectivity index (χ3n) is 9.75. The number of carbonyl (C=O) groups excluding carboxylic acids is 2. The van der Waals surface area contributed by atoms with Crippen molar-refractivity contribution in [1.82, 2.24) is 0 Å². The second-order valence-corrected chi connectivity index (χ2v) is 11.7. The molecule has 3 fully saturated rings. The van der Waals surface area contributed by atoms with Crippen LogP contribution in [0.3, 0.4) is 0 Å². The molecule has 160 valence electrons. The van der Waals surface area contributed by atoms with Crippen LogP contribution in [0.1, 0.15) is 105 Å². The molecule has 0 bridgehead atoms. The summed E-state index contributed by atoms with van der Waals surface area (Å²) in [6.07, 6.45) is 17.4. The molecule has 0 saturated heterocycles. The highest BCUT2D eigenvalue weighted by atomic mass is 16.1. The minimum Gasteiger partial charge on any atom is -0.303 e. The zero-order valence-corrected chi connectivity index (χ0v) is 18.9. The summed E-state index contributed by atoms with van der Waals surface area (Å²) in [5.41, 5.74) is 0.731. The molecule has 3 aliphatic rings. The topological polar surface area (TPSA) is 34.1 Å². The van der Waals surface area contributed by atoms with Gasteiger partial charge in [-0.15, -0.1) is 0 Å². The van der Waals surface area contributed by atoms with Crippen molar-refractivity contribution < 1.29 is 9.59 Å². The van der Waals surface area contributed by atoms with Crippen molar-refractivity contribution in [1.29, 1.82) is 0 Å². The summed E-state index contributed by atoms with van der Waals surface area (Å²) in [6.45, 7) is 9.99. The average molecular weight is 389 g/mol. The van der Waals surface area contributed by atoms with Crippen molar-refractivity contribution in [2.45, 2.75) is 105 Å². The van der Waals surface area contributed by atoms with E-state index in [4.69, 9.17) is 0 Å². The Bertz CT molecular complexity index is 479. The quantitative estimate of drug-likeness (QED) is 0.466. The molecule has 2 heteroatoms. The van der Waals surface area contributed by atoms with E-state index in [-0.39, 0.29) is 0 Å². The molecule has 0 amide bonds. The molecule has 3 saturated carbocycles. The minimum absolute atomic E-state index is 0.311. The maximum absolute atomic E-state index is 11.3. The molecule has 0 aromatic carbocycles. The number of aldehydes is 2. The molecule has 3 rings (SSSR count). The first kappa shape index (κ1) is 22.0. The van der Waals surface area contributed by atoms with Gasteiger partial charge in [-0.05, 0) is 98.7 Å². The van der Waals surface area contributed by atoms with Gasteiger partial charge in [0.05, 0.1) is 0 Å². The number of hydrogen-bond donors (Lipinski definition) is 0. The van der Waals surface area contributed by atoms with E-state index in [0.717, 1.165) is 49.4 Å². The SMILES string of the molecule is CC(C)(C1CCC(C(C)(C)C2CCCC(C=O)C2)CC1)C1CCCC(C=O)C1. The normalized spacial score (nSPS) is 38.0. The van der Waals surface area contributed by atoms with E-state index in [1.165, 1.54) is 63.9 Å². The first-order valence-electron chi connectivity index (χ1n) is 12.2. The molecule has 0 spiro atoms. The minimum atomic E-state index is 0.311. The maximum Gasteiger partial charge on any atom is 0.123 e. The molecular formula is C26H44O2. The molecule has 28 heavy (non-hydrogen) atoms. The Morgan fingerprint density at radius 2 is 0.893 bits per heavy atom. The van der Waals surface area contributed by atoms with E-state index in [9.17, 15) is 9.59 Å². The maximum atomic E-state index is 11.3. The lowest BCUT2D eigenvalue weighted by Crippen LogP contribution is -2.41. The molecular weight excluding hydrogens is 344 g/mol. The van der Waals surface area contributed by atoms with Gasteiger partial charge in [0.25, 0.3) is 0 Å². The van der Waals surface area contributed by atoms with Gasteiger partial charge in [0, 0.05) is 11.8 Å². The lowest BCUT2D eigenvalue weighted by atomic mass is 9.55. The Morgan fingerprint density at radius 1 is 0.536 bits per heavy atom. The average Bonchev–Trinajstić information content (AvgIpc) is 2.74. The van der Waals surface area contributed by atoms with Crippen LogP contribution >= 0.6 is 0 Å². The number of rotatable bonds is 6. The molecule has 2 nitrogen and oxygen atoms in total. The number of carbonyl (C=O) groups is 2. The Labute approximate surface area is 173 Å². The van der Waals surface area contributed by atoms with Gasteiger partial charge in [-0.2, -0.15) is 0 Å². The fourth-order valence-corrected chi connectivity index (χ4v) is 7.30. The highest BCUT2D eigenvalue weighted by molar-refractivity contribution is 5.54. The summed E-state index contributed by atoms with van der Waals surface area (Å²) in [6, 6.07) is 0. The molecule has 4 unspecified atom stereocenters. The standard InChI is InChI=1S/C26H44O2/c1-25(2,23-9-5-7-19(15-23)17-27)21-11-13-22(14-12-21)26(3,4)24-10-6-8-20(16-24)18-28/h17-24H,5-16H2,1-4H3. The van der Waals surface area contributed by atoms with Gasteiger partial charge < -0.3 is 9.59 Å². The summed E-state index contributed by atoms with van der Waals surface area (Å²) >= 11 is 0. The fourth-order valence-electron chi connectivity index (χ4n) is 7.30. The van der Waals surface area contributed by atoms with Crippen LogP contribution in [0.15, 0.2) is 0 Å². The van der Waals surface area contributed by atoms with Gasteiger partial charge in [-0.25, -0.2) is 0 Å². The van der Waals surface area contributed by atoms with E-state index in [0.29, 0.717) is 22.7 Å². The summed E-state index contributed by atoms with van der Waals surface area (Å²) < 4.78 is 0. The van der Waals surface area contributed by atoms with Gasteiger partial charge >= 0.3 is 0 Å². The van der Waals surface area contributed by atoms with E-state index < -0.39 is 0 Å². The van der Waals surface area contributed by atoms with Crippen molar-refractivity contribution in [3.05, 3.63) is 0 Å². The van der Waals surface area contributed by atoms with E-state index in [1.54, 1.807) is 0 Å². The van der Waals surface area contributed by atoms with Gasteiger partial charge in [0.2, 0.25) is 0 Å². The van der Waals surface area contributed by atoms with Gasteiger partial charge in [0.15, 0.2) is 0 Å². The lowest BCUT2D eigenvalue weighted by molar-refractivity contribution is -0.114. The molecule has 0 heterocycles. The lowest BCUT2D eigenvalue weighted by Gasteiger charge is -2.50. The zero-order valence-electron chi connectivity index (χ0n) is 18.9. The predicted molar refractivity (Wildman–Crippen MR) is 116 cm³/mol. The first-order chi connectivity index (χ1) is 13.3. The first-order valence-corrected chi connectivity index (χ1v) is 12.2. The van der Waals surface area contributed by atoms with E-state index in [2.05, 4.69) is 27.7 Å². The highest BCUT2D eigenvalue weighted by Crippen LogP contribution is 2.54. The third-order valence-corrected chi connectivity index (χ3v) is 9.75. The molecule has 0 aliphatic heterocycles. The fraction of sp³-hybridized carbons (Fsp3) is 0.923. The van der Waals surface area contributed by atoms with Gasteiger partial charge in [0.1, 0.15) is 12.6 Å². The zero-order chi connectivity index (χ0) is 20.4. The van der Waals surface area contributed by atoms with Crippen LogP contribution < -0.4 is 0 Å². The van der Waals surface area contributed by atoms with E-state index in [1.807, 2.05) is 0 Å². The molecule has 0 aromatic rings. The second-order valence-electron chi connectivity index (χ2n) is 11.7. The van der Waals surface area contributed by atoms with Crippen LogP contribution in [-0.4, -0.2) is 12.6 Å². The van der Waals surface area contributed by atoms with Crippen LogP contribution in [0, 0.1) is 46.3 Å². The number of hydrogen-bond acceptors (Lipinski definition) is 2. The van der Waals surface area contributed by atoms with Crippen molar-refractivity contribution in [3.8, 4) is 0 Å². The van der Waals surface area contributed by atoms with Crippen LogP contribution in [0.4, 0.5) is 0 Å². The van der Waals surface area contributed by atoms with Crippen LogP contribution in [0.5, 0.6) is 0 Å². The Hall–Kier alpha value is -0.660. The van der Waals surface area contributed by atoms with Crippen LogP contribution in [0.2, 0.25) is 0 Å². The molecule has 0 radical (unpaired) electrons. The Morgan fingerprint density at radius 3 is 1.21 bits per heavy atom. The van der Waals surface area contributed by atoms with Crippen LogP contribution in [0.25, 0.3) is 0 Å². The third kappa shape index (κ3) is 4.57. The molecule has 4 atom stereocenters. The molecule has 0 aromatic heterocycles. The highest BCUT2D eigenvalue weighted by Gasteiger charge is 2.45. The monoisotopic (exact) mass is 388 g/mol. The van der Waals surface area contributed by atoms with Crippen molar-refractivity contribution in [2.24, 2.45) is 46.3 Å².